The molecule has 0 spiro atoms. The molecule has 1 aromatic carbocycles. The first-order chi connectivity index (χ1) is 12.5. The molecule has 0 aromatic heterocycles. The number of benzene rings is 1. The molecule has 1 aliphatic carbocycles. The van der Waals surface area contributed by atoms with E-state index in [0.29, 0.717) is 12.5 Å². The van der Waals surface area contributed by atoms with Gasteiger partial charge in [-0.25, -0.2) is 5.43 Å². The van der Waals surface area contributed by atoms with Crippen molar-refractivity contribution in [3.8, 4) is 0 Å². The summed E-state index contributed by atoms with van der Waals surface area (Å²) in [5.41, 5.74) is 6.70. The normalized spacial score (nSPS) is 18.2. The number of hydrogen-bond donors (Lipinski definition) is 2. The van der Waals surface area contributed by atoms with Crippen LogP contribution in [-0.2, 0) is 16.1 Å². The highest BCUT2D eigenvalue weighted by molar-refractivity contribution is 6.01. The van der Waals surface area contributed by atoms with E-state index in [9.17, 15) is 9.59 Å². The second-order valence-electron chi connectivity index (χ2n) is 6.73. The monoisotopic (exact) mass is 353 g/mol. The Balaban J connectivity index is 1.74. The number of hydrogen-bond acceptors (Lipinski definition) is 3. The highest BCUT2D eigenvalue weighted by Gasteiger charge is 2.18. The van der Waals surface area contributed by atoms with Crippen LogP contribution in [-0.4, -0.2) is 17.5 Å². The Labute approximate surface area is 155 Å². The number of nitrogens with zero attached hydrogens (tertiary/aromatic N) is 1. The number of nitrogens with one attached hydrogen (secondary N) is 2. The third kappa shape index (κ3) is 6.31. The van der Waals surface area contributed by atoms with E-state index in [1.54, 1.807) is 0 Å². The summed E-state index contributed by atoms with van der Waals surface area (Å²) >= 11 is 0. The molecule has 2 rings (SSSR count). The fourth-order valence-electron chi connectivity index (χ4n) is 2.72. The molecule has 26 heavy (non-hydrogen) atoms. The fourth-order valence-corrected chi connectivity index (χ4v) is 2.72. The summed E-state index contributed by atoms with van der Waals surface area (Å²) in [5.74, 6) is -0.0246. The number of hydrazone groups is 1. The first-order valence-electron chi connectivity index (χ1n) is 8.94. The zero-order valence-corrected chi connectivity index (χ0v) is 15.5. The summed E-state index contributed by atoms with van der Waals surface area (Å²) in [6.45, 7) is 8.49. The van der Waals surface area contributed by atoms with E-state index in [0.717, 1.165) is 35.3 Å². The van der Waals surface area contributed by atoms with Gasteiger partial charge in [0, 0.05) is 19.4 Å². The molecule has 5 heteroatoms. The Hall–Kier alpha value is -2.69. The quantitative estimate of drug-likeness (QED) is 0.582. The van der Waals surface area contributed by atoms with Gasteiger partial charge in [0.1, 0.15) is 0 Å². The lowest BCUT2D eigenvalue weighted by atomic mass is 9.85. The van der Waals surface area contributed by atoms with Crippen molar-refractivity contribution in [1.82, 2.24) is 10.7 Å². The highest BCUT2D eigenvalue weighted by atomic mass is 16.2. The molecule has 0 aliphatic heterocycles. The minimum Gasteiger partial charge on any atom is -0.352 e. The molecule has 0 fully saturated rings. The lowest BCUT2D eigenvalue weighted by Gasteiger charge is -2.22. The minimum atomic E-state index is -0.252. The van der Waals surface area contributed by atoms with Crippen LogP contribution in [0.5, 0.6) is 0 Å². The molecule has 0 radical (unpaired) electrons. The second kappa shape index (κ2) is 9.70. The maximum atomic E-state index is 12.0. The van der Waals surface area contributed by atoms with Gasteiger partial charge in [-0.15, -0.1) is 0 Å². The topological polar surface area (TPSA) is 70.6 Å². The number of rotatable bonds is 7. The van der Waals surface area contributed by atoms with Gasteiger partial charge in [0.2, 0.25) is 11.8 Å². The Morgan fingerprint density at radius 1 is 1.19 bits per heavy atom. The summed E-state index contributed by atoms with van der Waals surface area (Å²) in [7, 11) is 0. The third-order valence-electron chi connectivity index (χ3n) is 4.53. The smallest absolute Gasteiger partial charge is 0.240 e. The van der Waals surface area contributed by atoms with E-state index in [2.05, 4.69) is 28.5 Å². The number of amides is 2. The van der Waals surface area contributed by atoms with Gasteiger partial charge in [-0.2, -0.15) is 5.10 Å². The van der Waals surface area contributed by atoms with Crippen LogP contribution in [0.15, 0.2) is 59.2 Å². The van der Waals surface area contributed by atoms with Gasteiger partial charge < -0.3 is 5.32 Å². The molecular formula is C21H27N3O2. The van der Waals surface area contributed by atoms with Crippen molar-refractivity contribution >= 4 is 17.5 Å². The zero-order chi connectivity index (χ0) is 18.9. The summed E-state index contributed by atoms with van der Waals surface area (Å²) in [4.78, 5) is 23.8. The van der Waals surface area contributed by atoms with Gasteiger partial charge >= 0.3 is 0 Å². The van der Waals surface area contributed by atoms with E-state index in [1.165, 1.54) is 0 Å². The lowest BCUT2D eigenvalue weighted by Crippen LogP contribution is -2.26. The summed E-state index contributed by atoms with van der Waals surface area (Å²) in [5, 5.41) is 7.06. The van der Waals surface area contributed by atoms with Gasteiger partial charge in [-0.1, -0.05) is 48.6 Å². The van der Waals surface area contributed by atoms with Crippen molar-refractivity contribution in [3.63, 3.8) is 0 Å². The summed E-state index contributed by atoms with van der Waals surface area (Å²) < 4.78 is 0. The Kier molecular flexibility index (Phi) is 7.33. The molecule has 1 aliphatic rings. The van der Waals surface area contributed by atoms with Crippen LogP contribution in [0.2, 0.25) is 0 Å². The van der Waals surface area contributed by atoms with Crippen molar-refractivity contribution in [2.75, 3.05) is 0 Å². The van der Waals surface area contributed by atoms with Crippen LogP contribution in [0.3, 0.4) is 0 Å². The zero-order valence-electron chi connectivity index (χ0n) is 15.5. The van der Waals surface area contributed by atoms with Gasteiger partial charge in [-0.05, 0) is 43.7 Å². The number of carbonyl (C=O) groups excluding carboxylic acids is 2. The van der Waals surface area contributed by atoms with Crippen LogP contribution >= 0.6 is 0 Å². The van der Waals surface area contributed by atoms with Gasteiger partial charge in [0.15, 0.2) is 0 Å². The lowest BCUT2D eigenvalue weighted by molar-refractivity contribution is -0.126. The molecule has 2 N–H and O–H groups in total. The molecular weight excluding hydrogens is 326 g/mol. The average molecular weight is 353 g/mol. The van der Waals surface area contributed by atoms with Crippen LogP contribution in [0, 0.1) is 5.92 Å². The summed E-state index contributed by atoms with van der Waals surface area (Å²) in [6, 6.07) is 9.67. The molecule has 0 saturated carbocycles. The Bertz CT molecular complexity index is 720. The third-order valence-corrected chi connectivity index (χ3v) is 4.53. The first-order valence-corrected chi connectivity index (χ1v) is 8.94. The predicted molar refractivity (Wildman–Crippen MR) is 104 cm³/mol. The van der Waals surface area contributed by atoms with Gasteiger partial charge in [0.05, 0.1) is 5.71 Å². The van der Waals surface area contributed by atoms with Crippen LogP contribution in [0.25, 0.3) is 0 Å². The fraction of sp³-hybridized carbons (Fsp3) is 0.381. The van der Waals surface area contributed by atoms with E-state index in [-0.39, 0.29) is 24.7 Å². The van der Waals surface area contributed by atoms with Gasteiger partial charge in [-0.3, -0.25) is 9.59 Å². The maximum Gasteiger partial charge on any atom is 0.240 e. The molecule has 1 atom stereocenters. The van der Waals surface area contributed by atoms with Crippen molar-refractivity contribution < 1.29 is 9.59 Å². The van der Waals surface area contributed by atoms with Crippen molar-refractivity contribution in [3.05, 3.63) is 59.7 Å². The van der Waals surface area contributed by atoms with Crippen LogP contribution in [0.4, 0.5) is 0 Å². The van der Waals surface area contributed by atoms with Crippen molar-refractivity contribution in [2.45, 2.75) is 46.1 Å². The van der Waals surface area contributed by atoms with Gasteiger partial charge in [0.25, 0.3) is 0 Å². The Morgan fingerprint density at radius 2 is 1.88 bits per heavy atom. The summed E-state index contributed by atoms with van der Waals surface area (Å²) in [6.07, 6.45) is 4.15. The van der Waals surface area contributed by atoms with Crippen LogP contribution < -0.4 is 10.7 Å². The average Bonchev–Trinajstić information content (AvgIpc) is 2.64. The molecule has 2 amide bonds. The van der Waals surface area contributed by atoms with E-state index in [4.69, 9.17) is 0 Å². The number of carbonyl (C=O) groups is 2. The van der Waals surface area contributed by atoms with E-state index < -0.39 is 0 Å². The van der Waals surface area contributed by atoms with Crippen molar-refractivity contribution in [2.24, 2.45) is 11.0 Å². The second-order valence-corrected chi connectivity index (χ2v) is 6.73. The largest absolute Gasteiger partial charge is 0.352 e. The molecule has 1 aromatic rings. The maximum absolute atomic E-state index is 12.0. The predicted octanol–water partition coefficient (Wildman–Crippen LogP) is 3.49. The molecule has 0 heterocycles. The standard InChI is InChI=1S/C21H27N3O2/c1-15(2)18-10-9-16(3)19(13-18)23-24-21(26)12-11-20(25)22-14-17-7-5-4-6-8-17/h4-9,18H,1,10-14H2,2-3H3,(H,22,25)(H,24,26)/b23-19-/t18-/m0/s1. The van der Waals surface area contributed by atoms with Crippen LogP contribution in [0.1, 0.15) is 45.1 Å². The number of allylic oxidation sites excluding steroid dienone is 3. The molecule has 0 bridgehead atoms. The first kappa shape index (κ1) is 19.6. The van der Waals surface area contributed by atoms with Crippen molar-refractivity contribution in [1.29, 1.82) is 0 Å². The highest BCUT2D eigenvalue weighted by Crippen LogP contribution is 2.26. The van der Waals surface area contributed by atoms with E-state index in [1.807, 2.05) is 44.2 Å². The SMILES string of the molecule is C=C(C)[C@H]1CC=C(C)/C(=N\NC(=O)CCC(=O)NCc2ccccc2)C1. The molecule has 5 nitrogen and oxygen atoms in total. The molecule has 0 saturated heterocycles. The minimum absolute atomic E-state index is 0.115. The Morgan fingerprint density at radius 3 is 2.58 bits per heavy atom. The molecule has 138 valence electrons. The van der Waals surface area contributed by atoms with E-state index >= 15 is 0 Å². The molecule has 0 unspecified atom stereocenters.